The van der Waals surface area contributed by atoms with Crippen molar-refractivity contribution in [2.24, 2.45) is 0 Å². The number of alkyl halides is 1. The number of hydrogen-bond donors (Lipinski definition) is 2. The van der Waals surface area contributed by atoms with E-state index in [0.717, 1.165) is 5.56 Å². The van der Waals surface area contributed by atoms with Gasteiger partial charge in [-0.3, -0.25) is 0 Å². The second-order valence-electron chi connectivity index (χ2n) is 3.84. The molecule has 3 nitrogen and oxygen atoms in total. The molecule has 2 rings (SSSR count). The van der Waals surface area contributed by atoms with E-state index in [1.807, 2.05) is 30.3 Å². The second kappa shape index (κ2) is 4.73. The zero-order valence-electron chi connectivity index (χ0n) is 9.01. The zero-order chi connectivity index (χ0) is 12.3. The molecule has 0 amide bonds. The number of dihydropyridines is 1. The van der Waals surface area contributed by atoms with Gasteiger partial charge in [0, 0.05) is 5.70 Å². The topological polar surface area (TPSA) is 49.3 Å². The van der Waals surface area contributed by atoms with Crippen LogP contribution in [-0.2, 0) is 4.79 Å². The van der Waals surface area contributed by atoms with E-state index >= 15 is 0 Å². The number of carbonyl (C=O) groups excluding carboxylic acids is 1. The summed E-state index contributed by atoms with van der Waals surface area (Å²) >= 11 is 6.00. The third kappa shape index (κ3) is 2.57. The van der Waals surface area contributed by atoms with E-state index < -0.39 is 11.0 Å². The van der Waals surface area contributed by atoms with Gasteiger partial charge < -0.3 is 15.2 Å². The Morgan fingerprint density at radius 1 is 1.35 bits per heavy atom. The van der Waals surface area contributed by atoms with Gasteiger partial charge in [-0.25, -0.2) is 0 Å². The van der Waals surface area contributed by atoms with Gasteiger partial charge in [0.05, 0.1) is 0 Å². The number of halogens is 1. The minimum atomic E-state index is -1.17. The van der Waals surface area contributed by atoms with Crippen molar-refractivity contribution >= 4 is 17.9 Å². The molecular formula is C13H12ClNO2. The van der Waals surface area contributed by atoms with Crippen LogP contribution >= 0.6 is 11.6 Å². The predicted octanol–water partition coefficient (Wildman–Crippen LogP) is 1.90. The first-order valence-corrected chi connectivity index (χ1v) is 5.58. The second-order valence-corrected chi connectivity index (χ2v) is 4.49. The van der Waals surface area contributed by atoms with E-state index in [2.05, 4.69) is 5.32 Å². The molecule has 4 heteroatoms. The fraction of sp³-hybridized carbons (Fsp3) is 0.154. The van der Waals surface area contributed by atoms with Crippen LogP contribution < -0.4 is 5.32 Å². The Kier molecular flexibility index (Phi) is 3.31. The molecule has 0 fully saturated rings. The lowest BCUT2D eigenvalue weighted by Gasteiger charge is -2.23. The van der Waals surface area contributed by atoms with Crippen molar-refractivity contribution in [3.05, 3.63) is 59.9 Å². The highest BCUT2D eigenvalue weighted by Gasteiger charge is 2.26. The maximum Gasteiger partial charge on any atom is 0.148 e. The van der Waals surface area contributed by atoms with Gasteiger partial charge in [0.1, 0.15) is 17.3 Å². The lowest BCUT2D eigenvalue weighted by Crippen LogP contribution is -2.27. The standard InChI is InChI=1S/C13H12ClNO2/c14-13(9-16)6-7-15-11(8-13)12(17)10-4-2-1-3-5-10/h1-9,12,15,17H. The largest absolute Gasteiger partial charge is 0.382 e. The van der Waals surface area contributed by atoms with Gasteiger partial charge in [-0.05, 0) is 23.9 Å². The molecule has 0 bridgehead atoms. The summed E-state index contributed by atoms with van der Waals surface area (Å²) in [6.45, 7) is 0. The van der Waals surface area contributed by atoms with E-state index in [-0.39, 0.29) is 0 Å². The molecule has 0 aromatic heterocycles. The fourth-order valence-corrected chi connectivity index (χ4v) is 1.82. The van der Waals surface area contributed by atoms with Gasteiger partial charge in [-0.15, -0.1) is 11.6 Å². The highest BCUT2D eigenvalue weighted by Crippen LogP contribution is 2.27. The minimum absolute atomic E-state index is 0.501. The molecule has 1 heterocycles. The number of hydrogen-bond acceptors (Lipinski definition) is 3. The Balaban J connectivity index is 2.27. The zero-order valence-corrected chi connectivity index (χ0v) is 9.76. The Morgan fingerprint density at radius 3 is 2.71 bits per heavy atom. The van der Waals surface area contributed by atoms with Gasteiger partial charge in [-0.2, -0.15) is 0 Å². The van der Waals surface area contributed by atoms with E-state index in [9.17, 15) is 9.90 Å². The highest BCUT2D eigenvalue weighted by atomic mass is 35.5. The van der Waals surface area contributed by atoms with Crippen LogP contribution in [-0.4, -0.2) is 16.3 Å². The molecule has 0 saturated heterocycles. The molecule has 0 aliphatic carbocycles. The number of aldehydes is 1. The number of benzene rings is 1. The number of nitrogens with one attached hydrogen (secondary N) is 1. The molecule has 1 aromatic carbocycles. The van der Waals surface area contributed by atoms with E-state index in [1.54, 1.807) is 6.20 Å². The molecule has 17 heavy (non-hydrogen) atoms. The normalized spacial score (nSPS) is 24.7. The maximum atomic E-state index is 10.8. The van der Waals surface area contributed by atoms with Crippen LogP contribution in [0, 0.1) is 0 Å². The number of aliphatic hydroxyl groups excluding tert-OH is 1. The molecule has 0 spiro atoms. The maximum absolute atomic E-state index is 10.8. The SMILES string of the molecule is O=CC1(Cl)C=CNC(C(O)c2ccccc2)=C1. The summed E-state index contributed by atoms with van der Waals surface area (Å²) in [6, 6.07) is 9.16. The van der Waals surface area contributed by atoms with Gasteiger partial charge >= 0.3 is 0 Å². The van der Waals surface area contributed by atoms with Gasteiger partial charge in [-0.1, -0.05) is 30.3 Å². The van der Waals surface area contributed by atoms with E-state index in [0.29, 0.717) is 12.0 Å². The first-order chi connectivity index (χ1) is 8.14. The number of allylic oxidation sites excluding steroid dienone is 2. The van der Waals surface area contributed by atoms with Gasteiger partial charge in [0.15, 0.2) is 0 Å². The molecular weight excluding hydrogens is 238 g/mol. The van der Waals surface area contributed by atoms with Crippen LogP contribution in [0.4, 0.5) is 0 Å². The highest BCUT2D eigenvalue weighted by molar-refractivity contribution is 6.34. The third-order valence-electron chi connectivity index (χ3n) is 2.56. The summed E-state index contributed by atoms with van der Waals surface area (Å²) in [4.78, 5) is 9.68. The summed E-state index contributed by atoms with van der Waals surface area (Å²) in [7, 11) is 0. The van der Waals surface area contributed by atoms with Crippen LogP contribution in [0.25, 0.3) is 0 Å². The van der Waals surface area contributed by atoms with Crippen LogP contribution in [0.3, 0.4) is 0 Å². The quantitative estimate of drug-likeness (QED) is 0.635. The van der Waals surface area contributed by atoms with Gasteiger partial charge in [0.25, 0.3) is 0 Å². The molecule has 2 unspecified atom stereocenters. The van der Waals surface area contributed by atoms with Crippen molar-refractivity contribution in [1.82, 2.24) is 5.32 Å². The van der Waals surface area contributed by atoms with Crippen molar-refractivity contribution in [2.75, 3.05) is 0 Å². The molecule has 88 valence electrons. The first kappa shape index (κ1) is 11.9. The molecule has 1 aromatic rings. The molecule has 1 aliphatic rings. The average Bonchev–Trinajstić information content (AvgIpc) is 2.39. The lowest BCUT2D eigenvalue weighted by atomic mass is 10.00. The smallest absolute Gasteiger partial charge is 0.148 e. The fourth-order valence-electron chi connectivity index (χ4n) is 1.64. The Morgan fingerprint density at radius 2 is 2.06 bits per heavy atom. The predicted molar refractivity (Wildman–Crippen MR) is 66.4 cm³/mol. The summed E-state index contributed by atoms with van der Waals surface area (Å²) in [5.74, 6) is 0. The number of carbonyl (C=O) groups is 1. The third-order valence-corrected chi connectivity index (χ3v) is 2.88. The Hall–Kier alpha value is -1.58. The van der Waals surface area contributed by atoms with Crippen molar-refractivity contribution in [1.29, 1.82) is 0 Å². The summed E-state index contributed by atoms with van der Waals surface area (Å²) < 4.78 is 0. The summed E-state index contributed by atoms with van der Waals surface area (Å²) in [6.07, 6.45) is 4.41. The molecule has 2 atom stereocenters. The first-order valence-electron chi connectivity index (χ1n) is 5.20. The van der Waals surface area contributed by atoms with Crippen LogP contribution in [0.5, 0.6) is 0 Å². The van der Waals surface area contributed by atoms with Crippen molar-refractivity contribution < 1.29 is 9.90 Å². The van der Waals surface area contributed by atoms with E-state index in [1.165, 1.54) is 12.2 Å². The molecule has 2 N–H and O–H groups in total. The molecule has 0 saturated carbocycles. The van der Waals surface area contributed by atoms with Crippen molar-refractivity contribution in [3.8, 4) is 0 Å². The number of aliphatic hydroxyl groups is 1. The average molecular weight is 250 g/mol. The van der Waals surface area contributed by atoms with Crippen molar-refractivity contribution in [3.63, 3.8) is 0 Å². The lowest BCUT2D eigenvalue weighted by molar-refractivity contribution is -0.108. The van der Waals surface area contributed by atoms with E-state index in [4.69, 9.17) is 11.6 Å². The van der Waals surface area contributed by atoms with Crippen molar-refractivity contribution in [2.45, 2.75) is 11.0 Å². The Bertz CT molecular complexity index is 470. The number of rotatable bonds is 3. The van der Waals surface area contributed by atoms with Crippen LogP contribution in [0.2, 0.25) is 0 Å². The molecule has 0 radical (unpaired) electrons. The minimum Gasteiger partial charge on any atom is -0.382 e. The summed E-state index contributed by atoms with van der Waals surface area (Å²) in [5, 5.41) is 13.0. The molecule has 1 aliphatic heterocycles. The monoisotopic (exact) mass is 249 g/mol. The van der Waals surface area contributed by atoms with Crippen LogP contribution in [0.15, 0.2) is 54.4 Å². The van der Waals surface area contributed by atoms with Gasteiger partial charge in [0.2, 0.25) is 0 Å². The summed E-state index contributed by atoms with van der Waals surface area (Å²) in [5.41, 5.74) is 1.24. The van der Waals surface area contributed by atoms with Crippen LogP contribution in [0.1, 0.15) is 11.7 Å². The Labute approximate surface area is 104 Å².